The molecule has 0 spiro atoms. The molecule has 0 aliphatic heterocycles. The van der Waals surface area contributed by atoms with Crippen LogP contribution < -0.4 is 15.8 Å². The number of hydrogen-bond acceptors (Lipinski definition) is 6. The maximum Gasteiger partial charge on any atom is 0.340 e. The van der Waals surface area contributed by atoms with Crippen LogP contribution in [0.1, 0.15) is 10.4 Å². The Morgan fingerprint density at radius 1 is 1.25 bits per heavy atom. The molecule has 2 aromatic rings. The van der Waals surface area contributed by atoms with Gasteiger partial charge in [0.1, 0.15) is 0 Å². The fraction of sp³-hybridized carbons (Fsp3) is 0.143. The molecule has 0 aliphatic carbocycles. The lowest BCUT2D eigenvalue weighted by Gasteiger charge is -2.13. The number of nitrogens with one attached hydrogen (secondary N) is 1. The van der Waals surface area contributed by atoms with Crippen LogP contribution in [-0.2, 0) is 4.74 Å². The molecule has 6 heteroatoms. The van der Waals surface area contributed by atoms with Gasteiger partial charge in [0.25, 0.3) is 0 Å². The minimum absolute atomic E-state index is 0.364. The van der Waals surface area contributed by atoms with E-state index in [1.54, 1.807) is 43.6 Å². The molecule has 6 nitrogen and oxygen atoms in total. The molecule has 0 saturated heterocycles. The van der Waals surface area contributed by atoms with Crippen LogP contribution in [0.5, 0.6) is 5.88 Å². The molecule has 104 valence electrons. The van der Waals surface area contributed by atoms with Crippen molar-refractivity contribution < 1.29 is 14.3 Å². The third-order valence-corrected chi connectivity index (χ3v) is 2.72. The van der Waals surface area contributed by atoms with Gasteiger partial charge in [-0.15, -0.1) is 0 Å². The molecule has 0 aliphatic rings. The standard InChI is InChI=1S/C14H15N3O3/c1-19-12-7-6-9(8-16-12)17-13-10(14(18)20-2)4-3-5-11(13)15/h3-8,17H,15H2,1-2H3. The second-order valence-corrected chi connectivity index (χ2v) is 3.98. The maximum absolute atomic E-state index is 11.7. The Bertz CT molecular complexity index is 612. The number of para-hydroxylation sites is 1. The number of nitrogens with two attached hydrogens (primary N) is 1. The third kappa shape index (κ3) is 2.80. The van der Waals surface area contributed by atoms with Crippen molar-refractivity contribution in [2.24, 2.45) is 0 Å². The predicted octanol–water partition coefficient (Wildman–Crippen LogP) is 2.20. The Hall–Kier alpha value is -2.76. The number of rotatable bonds is 4. The Kier molecular flexibility index (Phi) is 4.05. The summed E-state index contributed by atoms with van der Waals surface area (Å²) >= 11 is 0. The highest BCUT2D eigenvalue weighted by Gasteiger charge is 2.14. The van der Waals surface area contributed by atoms with Gasteiger partial charge in [0.2, 0.25) is 5.88 Å². The summed E-state index contributed by atoms with van der Waals surface area (Å²) in [6.07, 6.45) is 1.59. The number of carbonyl (C=O) groups is 1. The van der Waals surface area contributed by atoms with Crippen LogP contribution in [0, 0.1) is 0 Å². The number of carbonyl (C=O) groups excluding carboxylic acids is 1. The zero-order valence-corrected chi connectivity index (χ0v) is 11.2. The molecule has 1 heterocycles. The van der Waals surface area contributed by atoms with Crippen molar-refractivity contribution in [1.82, 2.24) is 4.98 Å². The number of ether oxygens (including phenoxy) is 2. The molecule has 1 aromatic carbocycles. The lowest BCUT2D eigenvalue weighted by molar-refractivity contribution is 0.0602. The predicted molar refractivity (Wildman–Crippen MR) is 76.3 cm³/mol. The number of benzene rings is 1. The number of anilines is 3. The molecule has 0 atom stereocenters. The molecule has 0 radical (unpaired) electrons. The van der Waals surface area contributed by atoms with Crippen molar-refractivity contribution >= 4 is 23.0 Å². The van der Waals surface area contributed by atoms with Crippen LogP contribution in [0.25, 0.3) is 0 Å². The van der Waals surface area contributed by atoms with Crippen molar-refractivity contribution in [3.8, 4) is 5.88 Å². The fourth-order valence-electron chi connectivity index (χ4n) is 1.71. The largest absolute Gasteiger partial charge is 0.481 e. The first-order valence-electron chi connectivity index (χ1n) is 5.89. The summed E-state index contributed by atoms with van der Waals surface area (Å²) in [5.74, 6) is 0.0473. The molecule has 3 N–H and O–H groups in total. The molecule has 20 heavy (non-hydrogen) atoms. The average molecular weight is 273 g/mol. The minimum atomic E-state index is -0.457. The van der Waals surface area contributed by atoms with Crippen molar-refractivity contribution in [3.05, 3.63) is 42.1 Å². The van der Waals surface area contributed by atoms with Gasteiger partial charge in [0.05, 0.1) is 43.0 Å². The van der Waals surface area contributed by atoms with E-state index in [0.29, 0.717) is 28.5 Å². The van der Waals surface area contributed by atoms with E-state index in [1.807, 2.05) is 0 Å². The lowest BCUT2D eigenvalue weighted by Crippen LogP contribution is -2.08. The molecule has 0 amide bonds. The fourth-order valence-corrected chi connectivity index (χ4v) is 1.71. The lowest BCUT2D eigenvalue weighted by atomic mass is 10.1. The second-order valence-electron chi connectivity index (χ2n) is 3.98. The first kappa shape index (κ1) is 13.7. The minimum Gasteiger partial charge on any atom is -0.481 e. The Morgan fingerprint density at radius 3 is 2.65 bits per heavy atom. The number of esters is 1. The van der Waals surface area contributed by atoms with Gasteiger partial charge < -0.3 is 20.5 Å². The zero-order chi connectivity index (χ0) is 14.5. The van der Waals surface area contributed by atoms with Crippen LogP contribution in [0.3, 0.4) is 0 Å². The highest BCUT2D eigenvalue weighted by Crippen LogP contribution is 2.28. The van der Waals surface area contributed by atoms with Gasteiger partial charge in [-0.2, -0.15) is 0 Å². The zero-order valence-electron chi connectivity index (χ0n) is 11.2. The van der Waals surface area contributed by atoms with Crippen LogP contribution in [-0.4, -0.2) is 25.2 Å². The molecule has 2 rings (SSSR count). The van der Waals surface area contributed by atoms with E-state index in [2.05, 4.69) is 10.3 Å². The van der Waals surface area contributed by atoms with Gasteiger partial charge in [-0.25, -0.2) is 9.78 Å². The molecule has 0 unspecified atom stereocenters. The van der Waals surface area contributed by atoms with Crippen LogP contribution in [0.4, 0.5) is 17.1 Å². The summed E-state index contributed by atoms with van der Waals surface area (Å²) in [6.45, 7) is 0. The number of pyridine rings is 1. The number of nitrogen functional groups attached to an aromatic ring is 1. The highest BCUT2D eigenvalue weighted by atomic mass is 16.5. The number of aromatic nitrogens is 1. The molecule has 0 fully saturated rings. The number of methoxy groups -OCH3 is 2. The molecule has 0 bridgehead atoms. The first-order chi connectivity index (χ1) is 9.65. The maximum atomic E-state index is 11.7. The van der Waals surface area contributed by atoms with Gasteiger partial charge >= 0.3 is 5.97 Å². The molecular weight excluding hydrogens is 258 g/mol. The summed E-state index contributed by atoms with van der Waals surface area (Å²) in [6, 6.07) is 8.52. The monoisotopic (exact) mass is 273 g/mol. The van der Waals surface area contributed by atoms with Crippen LogP contribution in [0.2, 0.25) is 0 Å². The van der Waals surface area contributed by atoms with Crippen molar-refractivity contribution in [3.63, 3.8) is 0 Å². The molecule has 1 aromatic heterocycles. The van der Waals surface area contributed by atoms with E-state index in [1.165, 1.54) is 7.11 Å². The quantitative estimate of drug-likeness (QED) is 0.656. The van der Waals surface area contributed by atoms with E-state index < -0.39 is 5.97 Å². The van der Waals surface area contributed by atoms with Crippen molar-refractivity contribution in [2.75, 3.05) is 25.3 Å². The van der Waals surface area contributed by atoms with Gasteiger partial charge in [-0.05, 0) is 18.2 Å². The van der Waals surface area contributed by atoms with Gasteiger partial charge in [-0.1, -0.05) is 6.07 Å². The smallest absolute Gasteiger partial charge is 0.340 e. The Labute approximate surface area is 116 Å². The van der Waals surface area contributed by atoms with Gasteiger partial charge in [-0.3, -0.25) is 0 Å². The van der Waals surface area contributed by atoms with E-state index in [4.69, 9.17) is 15.2 Å². The first-order valence-corrected chi connectivity index (χ1v) is 5.89. The summed E-state index contributed by atoms with van der Waals surface area (Å²) in [5, 5.41) is 3.06. The summed E-state index contributed by atoms with van der Waals surface area (Å²) in [7, 11) is 2.87. The summed E-state index contributed by atoms with van der Waals surface area (Å²) < 4.78 is 9.72. The SMILES string of the molecule is COC(=O)c1cccc(N)c1Nc1ccc(OC)nc1. The van der Waals surface area contributed by atoms with E-state index in [-0.39, 0.29) is 0 Å². The Morgan fingerprint density at radius 2 is 2.05 bits per heavy atom. The van der Waals surface area contributed by atoms with Gasteiger partial charge in [0.15, 0.2) is 0 Å². The summed E-state index contributed by atoms with van der Waals surface area (Å²) in [5.41, 5.74) is 7.90. The van der Waals surface area contributed by atoms with Crippen molar-refractivity contribution in [2.45, 2.75) is 0 Å². The number of hydrogen-bond donors (Lipinski definition) is 2. The second kappa shape index (κ2) is 5.92. The van der Waals surface area contributed by atoms with Crippen LogP contribution >= 0.6 is 0 Å². The highest BCUT2D eigenvalue weighted by molar-refractivity contribution is 5.99. The average Bonchev–Trinajstić information content (AvgIpc) is 2.49. The van der Waals surface area contributed by atoms with E-state index >= 15 is 0 Å². The van der Waals surface area contributed by atoms with E-state index in [9.17, 15) is 4.79 Å². The number of nitrogens with zero attached hydrogens (tertiary/aromatic N) is 1. The topological polar surface area (TPSA) is 86.5 Å². The summed E-state index contributed by atoms with van der Waals surface area (Å²) in [4.78, 5) is 15.8. The van der Waals surface area contributed by atoms with Crippen LogP contribution in [0.15, 0.2) is 36.5 Å². The van der Waals surface area contributed by atoms with Gasteiger partial charge in [0, 0.05) is 6.07 Å². The van der Waals surface area contributed by atoms with Crippen molar-refractivity contribution in [1.29, 1.82) is 0 Å². The van der Waals surface area contributed by atoms with E-state index in [0.717, 1.165) is 0 Å². The Balaban J connectivity index is 2.34. The normalized spacial score (nSPS) is 9.90. The molecule has 0 saturated carbocycles. The molecular formula is C14H15N3O3. The third-order valence-electron chi connectivity index (χ3n) is 2.72.